The molecule has 1 amide bonds. The number of unbranched alkanes of at least 4 members (excludes halogenated alkanes) is 2. The maximum atomic E-state index is 11.9. The van der Waals surface area contributed by atoms with Gasteiger partial charge in [-0.3, -0.25) is 0 Å². The topological polar surface area (TPSA) is 64.6 Å². The number of rotatable bonds is 6. The lowest BCUT2D eigenvalue weighted by molar-refractivity contribution is -0.149. The quantitative estimate of drug-likeness (QED) is 0.588. The van der Waals surface area contributed by atoms with Gasteiger partial charge in [-0.05, 0) is 11.8 Å². The number of carbonyl (C=O) groups is 2. The Bertz CT molecular complexity index is 271. The maximum Gasteiger partial charge on any atom is 0.407 e. The van der Waals surface area contributed by atoms with E-state index in [1.54, 1.807) is 0 Å². The Morgan fingerprint density at radius 2 is 1.83 bits per heavy atom. The second-order valence-electron chi connectivity index (χ2n) is 5.31. The highest BCUT2D eigenvalue weighted by atomic mass is 16.5. The first-order valence-electron chi connectivity index (χ1n) is 6.34. The zero-order valence-corrected chi connectivity index (χ0v) is 12.0. The molecule has 0 aromatic carbocycles. The average Bonchev–Trinajstić information content (AvgIpc) is 2.29. The maximum absolute atomic E-state index is 11.9. The van der Waals surface area contributed by atoms with E-state index in [0.717, 1.165) is 19.3 Å². The lowest BCUT2D eigenvalue weighted by atomic mass is 9.87. The number of esters is 1. The lowest BCUT2D eigenvalue weighted by Crippen LogP contribution is -2.49. The van der Waals surface area contributed by atoms with Crippen LogP contribution in [0.2, 0.25) is 0 Å². The van der Waals surface area contributed by atoms with Gasteiger partial charge in [0.1, 0.15) is 6.04 Å². The molecule has 0 spiro atoms. The molecule has 0 aliphatic carbocycles. The third kappa shape index (κ3) is 6.47. The Morgan fingerprint density at radius 1 is 1.22 bits per heavy atom. The molecule has 5 nitrogen and oxygen atoms in total. The van der Waals surface area contributed by atoms with E-state index in [4.69, 9.17) is 4.74 Å². The highest BCUT2D eigenvalue weighted by molar-refractivity contribution is 5.82. The van der Waals surface area contributed by atoms with Gasteiger partial charge in [-0.1, -0.05) is 40.5 Å². The van der Waals surface area contributed by atoms with Gasteiger partial charge in [0, 0.05) is 0 Å². The van der Waals surface area contributed by atoms with Crippen molar-refractivity contribution >= 4 is 12.1 Å². The molecule has 0 aromatic rings. The van der Waals surface area contributed by atoms with E-state index in [-0.39, 0.29) is 0 Å². The fourth-order valence-electron chi connectivity index (χ4n) is 1.41. The number of hydrogen-bond donors (Lipinski definition) is 1. The van der Waals surface area contributed by atoms with E-state index < -0.39 is 23.5 Å². The molecular formula is C13H25NO4. The van der Waals surface area contributed by atoms with Gasteiger partial charge in [-0.15, -0.1) is 0 Å². The fourth-order valence-corrected chi connectivity index (χ4v) is 1.41. The summed E-state index contributed by atoms with van der Waals surface area (Å²) in [6.07, 6.45) is 2.32. The van der Waals surface area contributed by atoms with Gasteiger partial charge >= 0.3 is 12.1 Å². The Hall–Kier alpha value is -1.26. The van der Waals surface area contributed by atoms with Crippen molar-refractivity contribution in [3.63, 3.8) is 0 Å². The van der Waals surface area contributed by atoms with E-state index in [2.05, 4.69) is 17.0 Å². The van der Waals surface area contributed by atoms with Crippen molar-refractivity contribution in [1.82, 2.24) is 5.32 Å². The van der Waals surface area contributed by atoms with Gasteiger partial charge in [0.2, 0.25) is 0 Å². The molecule has 0 saturated heterocycles. The van der Waals surface area contributed by atoms with Crippen LogP contribution in [-0.4, -0.2) is 31.8 Å². The number of hydrogen-bond acceptors (Lipinski definition) is 4. The van der Waals surface area contributed by atoms with E-state index in [9.17, 15) is 9.59 Å². The van der Waals surface area contributed by atoms with E-state index >= 15 is 0 Å². The molecule has 5 heteroatoms. The van der Waals surface area contributed by atoms with E-state index in [1.807, 2.05) is 20.8 Å². The van der Waals surface area contributed by atoms with Crippen LogP contribution in [0.4, 0.5) is 4.79 Å². The SMILES string of the molecule is CCCCCOC(=O)C(NC(=O)OC)C(C)(C)C. The summed E-state index contributed by atoms with van der Waals surface area (Å²) >= 11 is 0. The van der Waals surface area contributed by atoms with Crippen molar-refractivity contribution in [2.24, 2.45) is 5.41 Å². The van der Waals surface area contributed by atoms with Crippen molar-refractivity contribution in [3.8, 4) is 0 Å². The number of amides is 1. The van der Waals surface area contributed by atoms with E-state index in [0.29, 0.717) is 6.61 Å². The van der Waals surface area contributed by atoms with E-state index in [1.165, 1.54) is 7.11 Å². The van der Waals surface area contributed by atoms with Crippen LogP contribution in [0.3, 0.4) is 0 Å². The zero-order chi connectivity index (χ0) is 14.2. The summed E-state index contributed by atoms with van der Waals surface area (Å²) < 4.78 is 9.68. The minimum Gasteiger partial charge on any atom is -0.464 e. The van der Waals surface area contributed by atoms with Crippen LogP contribution in [0.1, 0.15) is 47.0 Å². The highest BCUT2D eigenvalue weighted by Crippen LogP contribution is 2.20. The second kappa shape index (κ2) is 7.95. The number of ether oxygens (including phenoxy) is 2. The first-order valence-corrected chi connectivity index (χ1v) is 6.34. The summed E-state index contributed by atoms with van der Waals surface area (Å²) in [5.41, 5.74) is -0.421. The van der Waals surface area contributed by atoms with Gasteiger partial charge < -0.3 is 14.8 Å². The molecule has 0 saturated carbocycles. The molecule has 0 bridgehead atoms. The van der Waals surface area contributed by atoms with Gasteiger partial charge in [0.15, 0.2) is 0 Å². The van der Waals surface area contributed by atoms with Crippen LogP contribution in [0, 0.1) is 5.41 Å². The van der Waals surface area contributed by atoms with Crippen molar-refractivity contribution in [1.29, 1.82) is 0 Å². The molecular weight excluding hydrogens is 234 g/mol. The van der Waals surface area contributed by atoms with Crippen molar-refractivity contribution < 1.29 is 19.1 Å². The molecule has 0 fully saturated rings. The molecule has 1 unspecified atom stereocenters. The Kier molecular flexibility index (Phi) is 7.39. The van der Waals surface area contributed by atoms with Crippen LogP contribution >= 0.6 is 0 Å². The first kappa shape index (κ1) is 16.7. The summed E-state index contributed by atoms with van der Waals surface area (Å²) in [4.78, 5) is 23.1. The standard InChI is InChI=1S/C13H25NO4/c1-6-7-8-9-18-11(15)10(13(2,3)4)14-12(16)17-5/h10H,6-9H2,1-5H3,(H,14,16). The summed E-state index contributed by atoms with van der Waals surface area (Å²) in [5, 5.41) is 2.51. The number of methoxy groups -OCH3 is 1. The zero-order valence-electron chi connectivity index (χ0n) is 12.0. The third-order valence-electron chi connectivity index (χ3n) is 2.54. The molecule has 0 rings (SSSR count). The second-order valence-corrected chi connectivity index (χ2v) is 5.31. The molecule has 106 valence electrons. The Labute approximate surface area is 109 Å². The van der Waals surface area contributed by atoms with Gasteiger partial charge in [0.05, 0.1) is 13.7 Å². The highest BCUT2D eigenvalue weighted by Gasteiger charge is 2.34. The lowest BCUT2D eigenvalue weighted by Gasteiger charge is -2.28. The molecule has 18 heavy (non-hydrogen) atoms. The predicted octanol–water partition coefficient (Wildman–Crippen LogP) is 2.49. The fraction of sp³-hybridized carbons (Fsp3) is 0.846. The summed E-state index contributed by atoms with van der Waals surface area (Å²) in [7, 11) is 1.27. The molecule has 1 atom stereocenters. The summed E-state index contributed by atoms with van der Waals surface area (Å²) in [6, 6.07) is -0.702. The smallest absolute Gasteiger partial charge is 0.407 e. The van der Waals surface area contributed by atoms with Gasteiger partial charge in [-0.2, -0.15) is 0 Å². The van der Waals surface area contributed by atoms with Crippen LogP contribution in [0.15, 0.2) is 0 Å². The van der Waals surface area contributed by atoms with Crippen LogP contribution in [-0.2, 0) is 14.3 Å². The minimum absolute atomic E-state index is 0.391. The van der Waals surface area contributed by atoms with Crippen molar-refractivity contribution in [2.75, 3.05) is 13.7 Å². The van der Waals surface area contributed by atoms with Crippen LogP contribution in [0.25, 0.3) is 0 Å². The van der Waals surface area contributed by atoms with Crippen LogP contribution in [0.5, 0.6) is 0 Å². The normalized spacial score (nSPS) is 12.7. The molecule has 0 aliphatic rings. The summed E-state index contributed by atoms with van der Waals surface area (Å²) in [6.45, 7) is 8.06. The molecule has 0 radical (unpaired) electrons. The third-order valence-corrected chi connectivity index (χ3v) is 2.54. The minimum atomic E-state index is -0.702. The van der Waals surface area contributed by atoms with Crippen molar-refractivity contribution in [2.45, 2.75) is 53.0 Å². The Morgan fingerprint density at radius 3 is 2.28 bits per heavy atom. The first-order chi connectivity index (χ1) is 8.32. The molecule has 1 N–H and O–H groups in total. The number of nitrogens with one attached hydrogen (secondary N) is 1. The van der Waals surface area contributed by atoms with Crippen molar-refractivity contribution in [3.05, 3.63) is 0 Å². The largest absolute Gasteiger partial charge is 0.464 e. The molecule has 0 aliphatic heterocycles. The summed E-state index contributed by atoms with van der Waals surface area (Å²) in [5.74, 6) is -0.413. The van der Waals surface area contributed by atoms with Gasteiger partial charge in [0.25, 0.3) is 0 Å². The predicted molar refractivity (Wildman–Crippen MR) is 69.3 cm³/mol. The van der Waals surface area contributed by atoms with Crippen LogP contribution < -0.4 is 5.32 Å². The molecule has 0 heterocycles. The Balaban J connectivity index is 4.38. The monoisotopic (exact) mass is 259 g/mol. The number of carbonyl (C=O) groups excluding carboxylic acids is 2. The average molecular weight is 259 g/mol. The van der Waals surface area contributed by atoms with Gasteiger partial charge in [-0.25, -0.2) is 9.59 Å². The molecule has 0 aromatic heterocycles. The number of alkyl carbamates (subject to hydrolysis) is 1.